The van der Waals surface area contributed by atoms with Gasteiger partial charge in [-0.3, -0.25) is 14.4 Å². The number of rotatable bonds is 6. The predicted molar refractivity (Wildman–Crippen MR) is 105 cm³/mol. The molecular weight excluding hydrogens is 342 g/mol. The Bertz CT molecular complexity index is 679. The second-order valence-corrected chi connectivity index (χ2v) is 7.77. The van der Waals surface area contributed by atoms with Crippen LogP contribution in [0.25, 0.3) is 0 Å². The number of piperidine rings is 1. The molecule has 1 heterocycles. The third-order valence-electron chi connectivity index (χ3n) is 5.07. The Balaban J connectivity index is 1.95. The molecule has 0 bridgehead atoms. The van der Waals surface area contributed by atoms with Gasteiger partial charge >= 0.3 is 0 Å². The largest absolute Gasteiger partial charge is 0.356 e. The van der Waals surface area contributed by atoms with Gasteiger partial charge in [0.2, 0.25) is 11.8 Å². The van der Waals surface area contributed by atoms with Crippen molar-refractivity contribution in [2.75, 3.05) is 19.6 Å². The van der Waals surface area contributed by atoms with Gasteiger partial charge in [0, 0.05) is 32.1 Å². The highest BCUT2D eigenvalue weighted by atomic mass is 16.2. The van der Waals surface area contributed by atoms with Crippen molar-refractivity contribution < 1.29 is 14.4 Å². The van der Waals surface area contributed by atoms with Crippen molar-refractivity contribution in [2.24, 2.45) is 11.8 Å². The van der Waals surface area contributed by atoms with Crippen LogP contribution in [0.1, 0.15) is 49.5 Å². The van der Waals surface area contributed by atoms with E-state index < -0.39 is 6.04 Å². The first-order valence-electron chi connectivity index (χ1n) is 9.68. The van der Waals surface area contributed by atoms with E-state index in [-0.39, 0.29) is 23.6 Å². The molecule has 0 spiro atoms. The van der Waals surface area contributed by atoms with Crippen LogP contribution in [0.15, 0.2) is 24.3 Å². The van der Waals surface area contributed by atoms with Gasteiger partial charge in [0.05, 0.1) is 0 Å². The highest BCUT2D eigenvalue weighted by Gasteiger charge is 2.31. The molecule has 1 aliphatic rings. The van der Waals surface area contributed by atoms with Crippen molar-refractivity contribution in [1.82, 2.24) is 15.5 Å². The number of carbonyl (C=O) groups is 3. The molecule has 0 aromatic heterocycles. The van der Waals surface area contributed by atoms with Crippen LogP contribution in [0.4, 0.5) is 0 Å². The first-order chi connectivity index (χ1) is 12.8. The van der Waals surface area contributed by atoms with Crippen molar-refractivity contribution in [2.45, 2.75) is 46.6 Å². The quantitative estimate of drug-likeness (QED) is 0.802. The van der Waals surface area contributed by atoms with E-state index in [9.17, 15) is 14.4 Å². The molecule has 2 rings (SSSR count). The summed E-state index contributed by atoms with van der Waals surface area (Å²) >= 11 is 0. The minimum atomic E-state index is -0.537. The first-order valence-corrected chi connectivity index (χ1v) is 9.68. The van der Waals surface area contributed by atoms with Crippen molar-refractivity contribution >= 4 is 17.7 Å². The molecule has 0 radical (unpaired) electrons. The zero-order valence-electron chi connectivity index (χ0n) is 16.7. The van der Waals surface area contributed by atoms with Crippen molar-refractivity contribution in [3.8, 4) is 0 Å². The molecule has 1 aromatic rings. The molecule has 0 saturated carbocycles. The van der Waals surface area contributed by atoms with Crippen molar-refractivity contribution in [3.05, 3.63) is 35.4 Å². The Hall–Kier alpha value is -2.37. The molecule has 1 aromatic carbocycles. The number of carbonyl (C=O) groups excluding carboxylic acids is 3. The van der Waals surface area contributed by atoms with Gasteiger partial charge in [-0.15, -0.1) is 0 Å². The number of nitrogens with one attached hydrogen (secondary N) is 2. The van der Waals surface area contributed by atoms with Gasteiger partial charge in [0.15, 0.2) is 0 Å². The van der Waals surface area contributed by atoms with Crippen LogP contribution < -0.4 is 10.6 Å². The molecule has 1 atom stereocenters. The van der Waals surface area contributed by atoms with E-state index in [0.717, 1.165) is 18.4 Å². The fraction of sp³-hybridized carbons (Fsp3) is 0.571. The molecule has 2 N–H and O–H groups in total. The van der Waals surface area contributed by atoms with Gasteiger partial charge in [-0.05, 0) is 43.7 Å². The first kappa shape index (κ1) is 20.9. The number of amides is 3. The molecule has 1 fully saturated rings. The van der Waals surface area contributed by atoms with Gasteiger partial charge in [0.25, 0.3) is 5.91 Å². The van der Waals surface area contributed by atoms with Gasteiger partial charge in [0.1, 0.15) is 6.04 Å². The van der Waals surface area contributed by atoms with E-state index in [0.29, 0.717) is 31.1 Å². The fourth-order valence-electron chi connectivity index (χ4n) is 3.37. The van der Waals surface area contributed by atoms with Crippen LogP contribution in [0.3, 0.4) is 0 Å². The Morgan fingerprint density at radius 2 is 1.85 bits per heavy atom. The van der Waals surface area contributed by atoms with Crippen LogP contribution in [-0.4, -0.2) is 48.3 Å². The summed E-state index contributed by atoms with van der Waals surface area (Å²) < 4.78 is 0. The Labute approximate surface area is 161 Å². The number of aryl methyl sites for hydroxylation is 1. The maximum atomic E-state index is 13.0. The third kappa shape index (κ3) is 6.08. The summed E-state index contributed by atoms with van der Waals surface area (Å²) in [5, 5.41) is 5.77. The summed E-state index contributed by atoms with van der Waals surface area (Å²) in [5.74, 6) is 0.142. The zero-order valence-corrected chi connectivity index (χ0v) is 16.7. The zero-order chi connectivity index (χ0) is 20.0. The minimum absolute atomic E-state index is 0.00311. The molecule has 6 nitrogen and oxygen atoms in total. The maximum absolute atomic E-state index is 13.0. The van der Waals surface area contributed by atoms with Crippen LogP contribution in [0.2, 0.25) is 0 Å². The lowest BCUT2D eigenvalue weighted by molar-refractivity contribution is -0.135. The number of nitrogens with zero attached hydrogens (tertiary/aromatic N) is 1. The standard InChI is InChI=1S/C21H31N3O3/c1-14(2)19(23-20(26)18-7-5-6-15(3)12-18)21(27)24-10-8-17(9-11-24)13-22-16(4)25/h5-7,12,14,17,19H,8-11,13H2,1-4H3,(H,22,25)(H,23,26)/t19-/m0/s1. The van der Waals surface area contributed by atoms with Crippen LogP contribution in [0.5, 0.6) is 0 Å². The topological polar surface area (TPSA) is 78.5 Å². The van der Waals surface area contributed by atoms with Crippen LogP contribution in [0, 0.1) is 18.8 Å². The van der Waals surface area contributed by atoms with Crippen LogP contribution >= 0.6 is 0 Å². The molecule has 148 valence electrons. The lowest BCUT2D eigenvalue weighted by Crippen LogP contribution is -2.53. The summed E-state index contributed by atoms with van der Waals surface area (Å²) in [6.45, 7) is 9.33. The number of likely N-dealkylation sites (tertiary alicyclic amines) is 1. The minimum Gasteiger partial charge on any atom is -0.356 e. The SMILES string of the molecule is CC(=O)NCC1CCN(C(=O)[C@@H](NC(=O)c2cccc(C)c2)C(C)C)CC1. The van der Waals surface area contributed by atoms with E-state index in [1.165, 1.54) is 6.92 Å². The molecule has 0 aliphatic carbocycles. The summed E-state index contributed by atoms with van der Waals surface area (Å²) in [6.07, 6.45) is 1.73. The van der Waals surface area contributed by atoms with Crippen molar-refractivity contribution in [3.63, 3.8) is 0 Å². The number of hydrogen-bond donors (Lipinski definition) is 2. The van der Waals surface area contributed by atoms with Gasteiger partial charge in [-0.1, -0.05) is 31.5 Å². The fourth-order valence-corrected chi connectivity index (χ4v) is 3.37. The third-order valence-corrected chi connectivity index (χ3v) is 5.07. The highest BCUT2D eigenvalue weighted by Crippen LogP contribution is 2.19. The summed E-state index contributed by atoms with van der Waals surface area (Å²) in [4.78, 5) is 38.5. The summed E-state index contributed by atoms with van der Waals surface area (Å²) in [7, 11) is 0. The van der Waals surface area contributed by atoms with Gasteiger partial charge in [-0.2, -0.15) is 0 Å². The molecule has 3 amide bonds. The van der Waals surface area contributed by atoms with Gasteiger partial charge < -0.3 is 15.5 Å². The lowest BCUT2D eigenvalue weighted by Gasteiger charge is -2.35. The Kier molecular flexibility index (Phi) is 7.39. The van der Waals surface area contributed by atoms with E-state index in [2.05, 4.69) is 10.6 Å². The highest BCUT2D eigenvalue weighted by molar-refractivity contribution is 5.97. The molecule has 0 unspecified atom stereocenters. The number of hydrogen-bond acceptors (Lipinski definition) is 3. The van der Waals surface area contributed by atoms with Gasteiger partial charge in [-0.25, -0.2) is 0 Å². The van der Waals surface area contributed by atoms with E-state index in [1.54, 1.807) is 6.07 Å². The number of benzene rings is 1. The molecule has 1 aliphatic heterocycles. The van der Waals surface area contributed by atoms with E-state index in [4.69, 9.17) is 0 Å². The lowest BCUT2D eigenvalue weighted by atomic mass is 9.94. The molecule has 1 saturated heterocycles. The van der Waals surface area contributed by atoms with E-state index in [1.807, 2.05) is 43.9 Å². The molecule has 6 heteroatoms. The average Bonchev–Trinajstić information content (AvgIpc) is 2.63. The molecular formula is C21H31N3O3. The Morgan fingerprint density at radius 1 is 1.19 bits per heavy atom. The average molecular weight is 373 g/mol. The van der Waals surface area contributed by atoms with Crippen LogP contribution in [-0.2, 0) is 9.59 Å². The monoisotopic (exact) mass is 373 g/mol. The maximum Gasteiger partial charge on any atom is 0.251 e. The van der Waals surface area contributed by atoms with Crippen molar-refractivity contribution in [1.29, 1.82) is 0 Å². The Morgan fingerprint density at radius 3 is 2.41 bits per heavy atom. The second kappa shape index (κ2) is 9.53. The normalized spacial score (nSPS) is 16.1. The molecule has 27 heavy (non-hydrogen) atoms. The summed E-state index contributed by atoms with van der Waals surface area (Å²) in [5.41, 5.74) is 1.58. The smallest absolute Gasteiger partial charge is 0.251 e. The summed E-state index contributed by atoms with van der Waals surface area (Å²) in [6, 6.07) is 6.83. The predicted octanol–water partition coefficient (Wildman–Crippen LogP) is 2.12. The van der Waals surface area contributed by atoms with E-state index >= 15 is 0 Å². The second-order valence-electron chi connectivity index (χ2n) is 7.77.